The van der Waals surface area contributed by atoms with E-state index in [1.807, 2.05) is 0 Å². The first-order chi connectivity index (χ1) is 4.31. The van der Waals surface area contributed by atoms with Gasteiger partial charge in [-0.05, 0) is 0 Å². The molecule has 0 saturated carbocycles. The van der Waals surface area contributed by atoms with Gasteiger partial charge < -0.3 is 10.4 Å². The Kier molecular flexibility index (Phi) is 4.72. The third-order valence-electron chi connectivity index (χ3n) is 0.903. The molecule has 1 aliphatic heterocycles. The molecule has 0 spiro atoms. The zero-order chi connectivity index (χ0) is 7.11. The molecule has 1 heterocycles. The van der Waals surface area contributed by atoms with E-state index in [1.54, 1.807) is 0 Å². The minimum Gasteiger partial charge on any atom is -0.483 e. The van der Waals surface area contributed by atoms with Crippen molar-refractivity contribution in [2.75, 3.05) is 13.1 Å². The van der Waals surface area contributed by atoms with Crippen LogP contribution in [0.4, 0.5) is 0 Å². The summed E-state index contributed by atoms with van der Waals surface area (Å²) in [4.78, 5) is 18.5. The van der Waals surface area contributed by atoms with Gasteiger partial charge in [-0.1, -0.05) is 0 Å². The van der Waals surface area contributed by atoms with E-state index in [0.717, 1.165) is 13.0 Å². The summed E-state index contributed by atoms with van der Waals surface area (Å²) in [6.45, 7) is 1.23. The first kappa shape index (κ1) is 8.10. The van der Waals surface area contributed by atoms with Crippen LogP contribution in [0.5, 0.6) is 0 Å². The second-order valence-electron chi connectivity index (χ2n) is 1.57. The van der Waals surface area contributed by atoms with Crippen molar-refractivity contribution in [2.24, 2.45) is 0 Å². The minimum atomic E-state index is -0.250. The Labute approximate surface area is 52.9 Å². The van der Waals surface area contributed by atoms with Crippen LogP contribution in [0.25, 0.3) is 0 Å². The van der Waals surface area contributed by atoms with Gasteiger partial charge in [-0.15, -0.1) is 0 Å². The fourth-order valence-electron chi connectivity index (χ4n) is 0.544. The summed E-state index contributed by atoms with van der Waals surface area (Å²) in [5.74, 6) is 0.343. The number of carbonyl (C=O) groups excluding carboxylic acids is 1. The Balaban J connectivity index is 0.000000187. The highest BCUT2D eigenvalue weighted by Crippen LogP contribution is 1.85. The average Bonchev–Trinajstić information content (AvgIpc) is 2.20. The van der Waals surface area contributed by atoms with Crippen LogP contribution < -0.4 is 5.32 Å². The van der Waals surface area contributed by atoms with Crippen molar-refractivity contribution in [2.45, 2.75) is 6.42 Å². The summed E-state index contributed by atoms with van der Waals surface area (Å²) in [7, 11) is 0. The highest BCUT2D eigenvalue weighted by Gasteiger charge is 2.06. The SMILES string of the molecule is O=C1CCNC1.O=CO. The van der Waals surface area contributed by atoms with Crippen LogP contribution in [-0.2, 0) is 9.59 Å². The Bertz CT molecular complexity index is 94.4. The molecule has 4 heteroatoms. The highest BCUT2D eigenvalue weighted by molar-refractivity contribution is 5.82. The third kappa shape index (κ3) is 4.96. The Morgan fingerprint density at radius 3 is 2.33 bits per heavy atom. The zero-order valence-electron chi connectivity index (χ0n) is 4.96. The summed E-state index contributed by atoms with van der Waals surface area (Å²) < 4.78 is 0. The number of ketones is 1. The lowest BCUT2D eigenvalue weighted by molar-refractivity contribution is -0.123. The summed E-state index contributed by atoms with van der Waals surface area (Å²) in [5, 5.41) is 9.81. The fourth-order valence-corrected chi connectivity index (χ4v) is 0.544. The molecule has 0 aromatic rings. The summed E-state index contributed by atoms with van der Waals surface area (Å²) >= 11 is 0. The predicted molar refractivity (Wildman–Crippen MR) is 31.2 cm³/mol. The number of carbonyl (C=O) groups is 2. The molecule has 0 atom stereocenters. The van der Waals surface area contributed by atoms with Gasteiger partial charge in [0.25, 0.3) is 6.47 Å². The van der Waals surface area contributed by atoms with Crippen LogP contribution in [0.15, 0.2) is 0 Å². The van der Waals surface area contributed by atoms with Gasteiger partial charge >= 0.3 is 0 Å². The number of carboxylic acid groups (broad SMARTS) is 1. The number of Topliss-reactive ketones (excluding diaryl/α,β-unsaturated/α-hetero) is 1. The van der Waals surface area contributed by atoms with Gasteiger partial charge in [0.05, 0.1) is 6.54 Å². The molecule has 1 saturated heterocycles. The van der Waals surface area contributed by atoms with E-state index < -0.39 is 0 Å². The van der Waals surface area contributed by atoms with E-state index in [0.29, 0.717) is 12.3 Å². The molecule has 1 fully saturated rings. The first-order valence-electron chi connectivity index (χ1n) is 2.61. The molecule has 1 rings (SSSR count). The standard InChI is InChI=1S/C4H7NO.CH2O2/c6-4-1-2-5-3-4;2-1-3/h5H,1-3H2;1H,(H,2,3). The van der Waals surface area contributed by atoms with Crippen LogP contribution in [0.3, 0.4) is 0 Å². The molecule has 0 radical (unpaired) electrons. The molecule has 52 valence electrons. The number of hydrogen-bond donors (Lipinski definition) is 2. The Morgan fingerprint density at radius 1 is 1.67 bits per heavy atom. The molecule has 0 aromatic heterocycles. The van der Waals surface area contributed by atoms with E-state index in [9.17, 15) is 4.79 Å². The van der Waals surface area contributed by atoms with Gasteiger partial charge in [0, 0.05) is 13.0 Å². The molecule has 4 nitrogen and oxygen atoms in total. The van der Waals surface area contributed by atoms with Crippen molar-refractivity contribution in [3.8, 4) is 0 Å². The molecule has 2 N–H and O–H groups in total. The van der Waals surface area contributed by atoms with Crippen molar-refractivity contribution in [3.05, 3.63) is 0 Å². The number of rotatable bonds is 0. The third-order valence-corrected chi connectivity index (χ3v) is 0.903. The summed E-state index contributed by atoms with van der Waals surface area (Å²) in [5.41, 5.74) is 0. The van der Waals surface area contributed by atoms with Gasteiger partial charge in [0.15, 0.2) is 0 Å². The van der Waals surface area contributed by atoms with Crippen molar-refractivity contribution < 1.29 is 14.7 Å². The maximum atomic E-state index is 10.2. The van der Waals surface area contributed by atoms with Crippen molar-refractivity contribution in [1.82, 2.24) is 5.32 Å². The lowest BCUT2D eigenvalue weighted by atomic mass is 10.4. The monoisotopic (exact) mass is 131 g/mol. The second-order valence-corrected chi connectivity index (χ2v) is 1.57. The van der Waals surface area contributed by atoms with Crippen LogP contribution in [-0.4, -0.2) is 30.5 Å². The molecular formula is C5H9NO3. The number of hydrogen-bond acceptors (Lipinski definition) is 3. The van der Waals surface area contributed by atoms with E-state index in [4.69, 9.17) is 9.90 Å². The predicted octanol–water partition coefficient (Wildman–Crippen LogP) is -0.750. The average molecular weight is 131 g/mol. The summed E-state index contributed by atoms with van der Waals surface area (Å²) in [6, 6.07) is 0. The van der Waals surface area contributed by atoms with Crippen molar-refractivity contribution in [3.63, 3.8) is 0 Å². The topological polar surface area (TPSA) is 66.4 Å². The molecule has 1 aliphatic rings. The molecule has 0 amide bonds. The lowest BCUT2D eigenvalue weighted by Crippen LogP contribution is -2.07. The Morgan fingerprint density at radius 2 is 2.22 bits per heavy atom. The molecule has 0 unspecified atom stereocenters. The van der Waals surface area contributed by atoms with E-state index >= 15 is 0 Å². The smallest absolute Gasteiger partial charge is 0.290 e. The van der Waals surface area contributed by atoms with Crippen molar-refractivity contribution in [1.29, 1.82) is 0 Å². The van der Waals surface area contributed by atoms with E-state index in [1.165, 1.54) is 0 Å². The van der Waals surface area contributed by atoms with E-state index in [-0.39, 0.29) is 6.47 Å². The van der Waals surface area contributed by atoms with Crippen molar-refractivity contribution >= 4 is 12.3 Å². The first-order valence-corrected chi connectivity index (χ1v) is 2.61. The zero-order valence-corrected chi connectivity index (χ0v) is 4.96. The van der Waals surface area contributed by atoms with Crippen LogP contribution >= 0.6 is 0 Å². The van der Waals surface area contributed by atoms with Crippen LogP contribution in [0.2, 0.25) is 0 Å². The second kappa shape index (κ2) is 5.24. The normalized spacial score (nSPS) is 16.2. The highest BCUT2D eigenvalue weighted by atomic mass is 16.3. The van der Waals surface area contributed by atoms with E-state index in [2.05, 4.69) is 5.32 Å². The van der Waals surface area contributed by atoms with Crippen LogP contribution in [0.1, 0.15) is 6.42 Å². The summed E-state index contributed by atoms with van der Waals surface area (Å²) in [6.07, 6.45) is 0.736. The van der Waals surface area contributed by atoms with Gasteiger partial charge in [0.1, 0.15) is 5.78 Å². The number of nitrogens with one attached hydrogen (secondary N) is 1. The molecule has 9 heavy (non-hydrogen) atoms. The van der Waals surface area contributed by atoms with Gasteiger partial charge in [-0.25, -0.2) is 0 Å². The van der Waals surface area contributed by atoms with Gasteiger partial charge in [0.2, 0.25) is 0 Å². The molecular weight excluding hydrogens is 122 g/mol. The molecule has 0 aliphatic carbocycles. The maximum absolute atomic E-state index is 10.2. The maximum Gasteiger partial charge on any atom is 0.290 e. The lowest BCUT2D eigenvalue weighted by Gasteiger charge is -1.75. The quantitative estimate of drug-likeness (QED) is 0.424. The van der Waals surface area contributed by atoms with Crippen LogP contribution in [0, 0.1) is 0 Å². The fraction of sp³-hybridized carbons (Fsp3) is 0.600. The minimum absolute atomic E-state index is 0.250. The Hall–Kier alpha value is -0.900. The molecule has 0 bridgehead atoms. The van der Waals surface area contributed by atoms with Gasteiger partial charge in [-0.2, -0.15) is 0 Å². The largest absolute Gasteiger partial charge is 0.483 e. The van der Waals surface area contributed by atoms with Gasteiger partial charge in [-0.3, -0.25) is 9.59 Å². The molecule has 0 aromatic carbocycles.